The van der Waals surface area contributed by atoms with E-state index in [4.69, 9.17) is 5.73 Å². The predicted octanol–water partition coefficient (Wildman–Crippen LogP) is 2.79. The minimum atomic E-state index is -0.0395. The molecule has 0 spiro atoms. The minimum Gasteiger partial charge on any atom is -0.399 e. The van der Waals surface area contributed by atoms with E-state index < -0.39 is 0 Å². The van der Waals surface area contributed by atoms with E-state index in [9.17, 15) is 5.11 Å². The van der Waals surface area contributed by atoms with E-state index in [0.29, 0.717) is 22.4 Å². The predicted molar refractivity (Wildman–Crippen MR) is 81.1 cm³/mol. The molecule has 108 valence electrons. The average Bonchev–Trinajstić information content (AvgIpc) is 2.69. The number of anilines is 1. The van der Waals surface area contributed by atoms with Gasteiger partial charge < -0.3 is 15.4 Å². The first-order valence-electron chi connectivity index (χ1n) is 7.14. The highest BCUT2D eigenvalue weighted by atomic mass is 16.3. The molecule has 20 heavy (non-hydrogen) atoms. The van der Waals surface area contributed by atoms with Crippen LogP contribution < -0.4 is 5.73 Å². The Morgan fingerprint density at radius 1 is 1.25 bits per heavy atom. The summed E-state index contributed by atoms with van der Waals surface area (Å²) in [5.74, 6) is 1.32. The number of aliphatic hydroxyl groups excluding tert-OH is 1. The van der Waals surface area contributed by atoms with Gasteiger partial charge in [-0.3, -0.25) is 0 Å². The number of nitrogens with two attached hydrogens (primary N) is 1. The molecule has 0 radical (unpaired) electrons. The van der Waals surface area contributed by atoms with Gasteiger partial charge in [0.1, 0.15) is 12.4 Å². The minimum absolute atomic E-state index is 0.0395. The second kappa shape index (κ2) is 3.98. The van der Waals surface area contributed by atoms with Crippen LogP contribution in [0.2, 0.25) is 0 Å². The SMILES string of the molecule is CC1(C)C(Cn2c(CO)nc3cc(N)ccc32)C1(C)C. The van der Waals surface area contributed by atoms with E-state index in [1.807, 2.05) is 18.2 Å². The van der Waals surface area contributed by atoms with Crippen LogP contribution in [0.1, 0.15) is 33.5 Å². The standard InChI is InChI=1S/C16H23N3O/c1-15(2)13(16(15,3)4)8-19-12-6-5-10(17)7-11(12)18-14(19)9-20/h5-7,13,20H,8-9,17H2,1-4H3. The molecular formula is C16H23N3O. The highest BCUT2D eigenvalue weighted by Crippen LogP contribution is 2.69. The smallest absolute Gasteiger partial charge is 0.135 e. The molecule has 1 heterocycles. The van der Waals surface area contributed by atoms with Crippen LogP contribution in [0, 0.1) is 16.7 Å². The van der Waals surface area contributed by atoms with Gasteiger partial charge in [-0.15, -0.1) is 0 Å². The molecule has 1 saturated carbocycles. The molecular weight excluding hydrogens is 250 g/mol. The van der Waals surface area contributed by atoms with E-state index in [2.05, 4.69) is 37.2 Å². The van der Waals surface area contributed by atoms with Gasteiger partial charge in [0, 0.05) is 12.2 Å². The molecule has 3 N–H and O–H groups in total. The number of aromatic nitrogens is 2. The molecule has 2 aromatic rings. The number of aliphatic hydroxyl groups is 1. The van der Waals surface area contributed by atoms with Gasteiger partial charge in [-0.2, -0.15) is 0 Å². The Morgan fingerprint density at radius 2 is 1.90 bits per heavy atom. The molecule has 1 aromatic heterocycles. The van der Waals surface area contributed by atoms with E-state index in [1.54, 1.807) is 0 Å². The maximum atomic E-state index is 9.57. The molecule has 0 atom stereocenters. The summed E-state index contributed by atoms with van der Waals surface area (Å²) in [4.78, 5) is 4.50. The summed E-state index contributed by atoms with van der Waals surface area (Å²) < 4.78 is 2.15. The van der Waals surface area contributed by atoms with E-state index in [1.165, 1.54) is 0 Å². The average molecular weight is 273 g/mol. The third kappa shape index (κ3) is 1.67. The van der Waals surface area contributed by atoms with Crippen molar-refractivity contribution in [3.8, 4) is 0 Å². The lowest BCUT2D eigenvalue weighted by Crippen LogP contribution is -2.08. The van der Waals surface area contributed by atoms with E-state index in [-0.39, 0.29) is 6.61 Å². The van der Waals surface area contributed by atoms with Crippen molar-refractivity contribution < 1.29 is 5.11 Å². The number of benzene rings is 1. The summed E-state index contributed by atoms with van der Waals surface area (Å²) in [7, 11) is 0. The van der Waals surface area contributed by atoms with Gasteiger partial charge in [0.2, 0.25) is 0 Å². The van der Waals surface area contributed by atoms with Crippen molar-refractivity contribution >= 4 is 16.7 Å². The van der Waals surface area contributed by atoms with Crippen LogP contribution in [0.3, 0.4) is 0 Å². The first-order chi connectivity index (χ1) is 9.29. The van der Waals surface area contributed by atoms with Gasteiger partial charge >= 0.3 is 0 Å². The van der Waals surface area contributed by atoms with Crippen LogP contribution >= 0.6 is 0 Å². The number of fused-ring (bicyclic) bond motifs is 1. The fraction of sp³-hybridized carbons (Fsp3) is 0.562. The Hall–Kier alpha value is -1.55. The summed E-state index contributed by atoms with van der Waals surface area (Å²) in [5.41, 5.74) is 9.09. The summed E-state index contributed by atoms with van der Waals surface area (Å²) in [5, 5.41) is 9.57. The highest BCUT2D eigenvalue weighted by molar-refractivity contribution is 5.79. The van der Waals surface area contributed by atoms with Crippen molar-refractivity contribution in [3.05, 3.63) is 24.0 Å². The van der Waals surface area contributed by atoms with Crippen molar-refractivity contribution in [2.24, 2.45) is 16.7 Å². The van der Waals surface area contributed by atoms with Crippen LogP contribution in [0.15, 0.2) is 18.2 Å². The third-order valence-corrected chi connectivity index (χ3v) is 5.68. The zero-order valence-electron chi connectivity index (χ0n) is 12.6. The number of imidazole rings is 1. The molecule has 4 heteroatoms. The van der Waals surface area contributed by atoms with Crippen molar-refractivity contribution in [1.29, 1.82) is 0 Å². The Kier molecular flexibility index (Phi) is 2.67. The van der Waals surface area contributed by atoms with E-state index >= 15 is 0 Å². The fourth-order valence-electron chi connectivity index (χ4n) is 3.49. The summed E-state index contributed by atoms with van der Waals surface area (Å²) in [6.45, 7) is 10.1. The molecule has 1 aromatic carbocycles. The fourth-order valence-corrected chi connectivity index (χ4v) is 3.49. The molecule has 0 amide bonds. The van der Waals surface area contributed by atoms with Crippen LogP contribution in [0.5, 0.6) is 0 Å². The maximum Gasteiger partial charge on any atom is 0.135 e. The quantitative estimate of drug-likeness (QED) is 0.845. The van der Waals surface area contributed by atoms with Gasteiger partial charge in [0.15, 0.2) is 0 Å². The zero-order valence-corrected chi connectivity index (χ0v) is 12.6. The van der Waals surface area contributed by atoms with E-state index in [0.717, 1.165) is 23.4 Å². The number of hydrogen-bond donors (Lipinski definition) is 2. The molecule has 1 fully saturated rings. The summed E-state index contributed by atoms with van der Waals surface area (Å²) >= 11 is 0. The number of hydrogen-bond acceptors (Lipinski definition) is 3. The van der Waals surface area contributed by atoms with Gasteiger partial charge in [-0.1, -0.05) is 27.7 Å². The Bertz CT molecular complexity index is 656. The molecule has 4 nitrogen and oxygen atoms in total. The van der Waals surface area contributed by atoms with Crippen molar-refractivity contribution in [2.45, 2.75) is 40.8 Å². The number of rotatable bonds is 3. The lowest BCUT2D eigenvalue weighted by molar-refractivity contribution is 0.264. The van der Waals surface area contributed by atoms with Crippen molar-refractivity contribution in [2.75, 3.05) is 5.73 Å². The number of nitrogen functional groups attached to an aromatic ring is 1. The van der Waals surface area contributed by atoms with Gasteiger partial charge in [-0.25, -0.2) is 4.98 Å². The molecule has 0 unspecified atom stereocenters. The largest absolute Gasteiger partial charge is 0.399 e. The first-order valence-corrected chi connectivity index (χ1v) is 7.14. The molecule has 0 aliphatic heterocycles. The Labute approximate surface area is 119 Å². The van der Waals surface area contributed by atoms with Gasteiger partial charge in [0.25, 0.3) is 0 Å². The monoisotopic (exact) mass is 273 g/mol. The van der Waals surface area contributed by atoms with Gasteiger partial charge in [-0.05, 0) is 34.9 Å². The molecule has 3 rings (SSSR count). The van der Waals surface area contributed by atoms with Crippen LogP contribution in [-0.2, 0) is 13.2 Å². The molecule has 1 aliphatic carbocycles. The van der Waals surface area contributed by atoms with Gasteiger partial charge in [0.05, 0.1) is 11.0 Å². The van der Waals surface area contributed by atoms with Crippen LogP contribution in [0.4, 0.5) is 5.69 Å². The molecule has 0 saturated heterocycles. The van der Waals surface area contributed by atoms with Crippen molar-refractivity contribution in [1.82, 2.24) is 9.55 Å². The highest BCUT2D eigenvalue weighted by Gasteiger charge is 2.64. The lowest BCUT2D eigenvalue weighted by Gasteiger charge is -2.09. The van der Waals surface area contributed by atoms with Crippen molar-refractivity contribution in [3.63, 3.8) is 0 Å². The zero-order chi connectivity index (χ0) is 14.7. The summed E-state index contributed by atoms with van der Waals surface area (Å²) in [6, 6.07) is 5.76. The lowest BCUT2D eigenvalue weighted by atomic mass is 10.0. The summed E-state index contributed by atoms with van der Waals surface area (Å²) in [6.07, 6.45) is 0. The molecule has 0 bridgehead atoms. The molecule has 1 aliphatic rings. The Morgan fingerprint density at radius 3 is 2.45 bits per heavy atom. The topological polar surface area (TPSA) is 64.1 Å². The third-order valence-electron chi connectivity index (χ3n) is 5.68. The second-order valence-electron chi connectivity index (χ2n) is 7.04. The van der Waals surface area contributed by atoms with Crippen LogP contribution in [-0.4, -0.2) is 14.7 Å². The maximum absolute atomic E-state index is 9.57. The first kappa shape index (κ1) is 13.4. The second-order valence-corrected chi connectivity index (χ2v) is 7.04. The van der Waals surface area contributed by atoms with Crippen LogP contribution in [0.25, 0.3) is 11.0 Å². The normalized spacial score (nSPS) is 20.4. The number of nitrogens with zero attached hydrogens (tertiary/aromatic N) is 2. The Balaban J connectivity index is 2.03.